The number of nitro groups is 1. The normalized spacial score (nSPS) is 10.9. The highest BCUT2D eigenvalue weighted by Gasteiger charge is 2.18. The Morgan fingerprint density at radius 2 is 2.17 bits per heavy atom. The predicted octanol–water partition coefficient (Wildman–Crippen LogP) is 2.13. The molecule has 0 saturated carbocycles. The molecule has 0 N–H and O–H groups in total. The fraction of sp³-hybridized carbons (Fsp3) is 0.467. The molecule has 0 spiro atoms. The van der Waals surface area contributed by atoms with Crippen LogP contribution in [0, 0.1) is 24.0 Å². The van der Waals surface area contributed by atoms with Gasteiger partial charge in [-0.2, -0.15) is 0 Å². The highest BCUT2D eigenvalue weighted by molar-refractivity contribution is 5.97. The van der Waals surface area contributed by atoms with Crippen molar-refractivity contribution < 1.29 is 14.5 Å². The van der Waals surface area contributed by atoms with Gasteiger partial charge >= 0.3 is 5.82 Å². The molecule has 2 heterocycles. The van der Waals surface area contributed by atoms with Crippen LogP contribution >= 0.6 is 0 Å². The molecule has 23 heavy (non-hydrogen) atoms. The van der Waals surface area contributed by atoms with Crippen LogP contribution in [0.1, 0.15) is 28.2 Å². The largest absolute Gasteiger partial charge is 0.385 e. The molecule has 0 aromatic carbocycles. The van der Waals surface area contributed by atoms with Crippen molar-refractivity contribution in [3.63, 3.8) is 0 Å². The van der Waals surface area contributed by atoms with E-state index in [1.165, 1.54) is 17.1 Å². The number of imidazole rings is 1. The molecule has 8 nitrogen and oxygen atoms in total. The van der Waals surface area contributed by atoms with Gasteiger partial charge in [-0.05, 0) is 36.2 Å². The third-order valence-corrected chi connectivity index (χ3v) is 3.74. The molecule has 2 aromatic heterocycles. The van der Waals surface area contributed by atoms with Gasteiger partial charge in [0.2, 0.25) is 6.33 Å². The van der Waals surface area contributed by atoms with E-state index in [0.717, 1.165) is 24.4 Å². The van der Waals surface area contributed by atoms with Crippen LogP contribution in [0.5, 0.6) is 0 Å². The maximum Gasteiger partial charge on any atom is 0.381 e. The summed E-state index contributed by atoms with van der Waals surface area (Å²) in [7, 11) is 1.66. The topological polar surface area (TPSA) is 92.2 Å². The summed E-state index contributed by atoms with van der Waals surface area (Å²) in [6, 6.07) is 1.86. The molecule has 0 aliphatic heterocycles. The Morgan fingerprint density at radius 1 is 1.43 bits per heavy atom. The zero-order valence-corrected chi connectivity index (χ0v) is 13.5. The van der Waals surface area contributed by atoms with Crippen LogP contribution in [0.3, 0.4) is 0 Å². The standard InChI is InChI=1S/C15H20N4O4/c1-11-7-13(12(2)18(11)5-4-6-23-3)14(20)8-17-9-15(16-10-17)19(21)22/h7,9-10H,4-6,8H2,1-3H3. The van der Waals surface area contributed by atoms with Gasteiger partial charge in [0.25, 0.3) is 0 Å². The van der Waals surface area contributed by atoms with Gasteiger partial charge in [-0.15, -0.1) is 0 Å². The molecule has 2 rings (SSSR count). The minimum Gasteiger partial charge on any atom is -0.385 e. The van der Waals surface area contributed by atoms with E-state index in [2.05, 4.69) is 9.55 Å². The van der Waals surface area contributed by atoms with E-state index in [0.29, 0.717) is 12.2 Å². The number of hydrogen-bond donors (Lipinski definition) is 0. The highest BCUT2D eigenvalue weighted by atomic mass is 16.6. The summed E-state index contributed by atoms with van der Waals surface area (Å²) in [4.78, 5) is 26.2. The van der Waals surface area contributed by atoms with E-state index < -0.39 is 4.92 Å². The fourth-order valence-electron chi connectivity index (χ4n) is 2.57. The first-order chi connectivity index (χ1) is 10.9. The van der Waals surface area contributed by atoms with Crippen LogP contribution in [0.2, 0.25) is 0 Å². The molecule has 0 aliphatic rings. The first kappa shape index (κ1) is 16.9. The Labute approximate surface area is 133 Å². The number of aromatic nitrogens is 3. The number of carbonyl (C=O) groups excluding carboxylic acids is 1. The highest BCUT2D eigenvalue weighted by Crippen LogP contribution is 2.17. The summed E-state index contributed by atoms with van der Waals surface area (Å²) < 4.78 is 8.57. The smallest absolute Gasteiger partial charge is 0.381 e. The minimum absolute atomic E-state index is 0.0310. The molecule has 0 saturated heterocycles. The maximum atomic E-state index is 12.5. The number of methoxy groups -OCH3 is 1. The zero-order chi connectivity index (χ0) is 17.0. The van der Waals surface area contributed by atoms with Gasteiger partial charge in [0, 0.05) is 37.2 Å². The number of Topliss-reactive ketones (excluding diaryl/α,β-unsaturated/α-hetero) is 1. The van der Waals surface area contributed by atoms with Crippen molar-refractivity contribution in [3.05, 3.63) is 45.7 Å². The molecular formula is C15H20N4O4. The number of aryl methyl sites for hydroxylation is 1. The van der Waals surface area contributed by atoms with Gasteiger partial charge in [-0.3, -0.25) is 4.79 Å². The van der Waals surface area contributed by atoms with Gasteiger partial charge in [-0.25, -0.2) is 0 Å². The van der Waals surface area contributed by atoms with E-state index in [1.807, 2.05) is 19.9 Å². The van der Waals surface area contributed by atoms with Crippen LogP contribution in [0.4, 0.5) is 5.82 Å². The lowest BCUT2D eigenvalue weighted by Gasteiger charge is -2.09. The lowest BCUT2D eigenvalue weighted by atomic mass is 10.1. The fourth-order valence-corrected chi connectivity index (χ4v) is 2.57. The van der Waals surface area contributed by atoms with Crippen LogP contribution in [-0.2, 0) is 17.8 Å². The number of carbonyl (C=O) groups is 1. The van der Waals surface area contributed by atoms with Crippen molar-refractivity contribution in [2.45, 2.75) is 33.4 Å². The summed E-state index contributed by atoms with van der Waals surface area (Å²) in [5.41, 5.74) is 2.55. The van der Waals surface area contributed by atoms with Gasteiger partial charge in [0.15, 0.2) is 5.78 Å². The Kier molecular flexibility index (Phi) is 5.28. The Hall–Kier alpha value is -2.48. The van der Waals surface area contributed by atoms with Crippen molar-refractivity contribution in [2.75, 3.05) is 13.7 Å². The lowest BCUT2D eigenvalue weighted by molar-refractivity contribution is -0.389. The molecule has 0 unspecified atom stereocenters. The summed E-state index contributed by atoms with van der Waals surface area (Å²) in [5.74, 6) is -0.355. The van der Waals surface area contributed by atoms with Crippen molar-refractivity contribution in [2.24, 2.45) is 0 Å². The van der Waals surface area contributed by atoms with E-state index in [9.17, 15) is 14.9 Å². The van der Waals surface area contributed by atoms with E-state index in [1.54, 1.807) is 7.11 Å². The summed E-state index contributed by atoms with van der Waals surface area (Å²) in [5, 5.41) is 10.6. The second-order valence-electron chi connectivity index (χ2n) is 5.37. The van der Waals surface area contributed by atoms with Gasteiger partial charge in [0.05, 0.1) is 6.54 Å². The molecule has 8 heteroatoms. The van der Waals surface area contributed by atoms with Crippen molar-refractivity contribution in [3.8, 4) is 0 Å². The Morgan fingerprint density at radius 3 is 2.78 bits per heavy atom. The Bertz CT molecular complexity index is 717. The minimum atomic E-state index is -0.581. The van der Waals surface area contributed by atoms with Gasteiger partial charge < -0.3 is 24.0 Å². The second kappa shape index (κ2) is 7.19. The molecule has 0 amide bonds. The van der Waals surface area contributed by atoms with Crippen LogP contribution in [0.25, 0.3) is 0 Å². The van der Waals surface area contributed by atoms with Crippen LogP contribution in [0.15, 0.2) is 18.6 Å². The van der Waals surface area contributed by atoms with Crippen molar-refractivity contribution >= 4 is 11.6 Å². The molecule has 0 radical (unpaired) electrons. The zero-order valence-electron chi connectivity index (χ0n) is 13.5. The second-order valence-corrected chi connectivity index (χ2v) is 5.37. The Balaban J connectivity index is 2.12. The van der Waals surface area contributed by atoms with Crippen molar-refractivity contribution in [1.82, 2.24) is 14.1 Å². The number of ether oxygens (including phenoxy) is 1. The molecule has 0 bridgehead atoms. The quantitative estimate of drug-likeness (QED) is 0.321. The molecule has 0 atom stereocenters. The monoisotopic (exact) mass is 320 g/mol. The van der Waals surface area contributed by atoms with E-state index in [-0.39, 0.29) is 18.1 Å². The van der Waals surface area contributed by atoms with Gasteiger partial charge in [-0.1, -0.05) is 0 Å². The average molecular weight is 320 g/mol. The predicted molar refractivity (Wildman–Crippen MR) is 83.6 cm³/mol. The third-order valence-electron chi connectivity index (χ3n) is 3.74. The number of rotatable bonds is 8. The summed E-state index contributed by atoms with van der Waals surface area (Å²) in [6.45, 7) is 5.35. The lowest BCUT2D eigenvalue weighted by Crippen LogP contribution is -2.11. The molecular weight excluding hydrogens is 300 g/mol. The first-order valence-corrected chi connectivity index (χ1v) is 7.29. The molecule has 0 fully saturated rings. The van der Waals surface area contributed by atoms with Crippen LogP contribution < -0.4 is 0 Å². The summed E-state index contributed by atoms with van der Waals surface area (Å²) >= 11 is 0. The number of nitrogens with zero attached hydrogens (tertiary/aromatic N) is 4. The summed E-state index contributed by atoms with van der Waals surface area (Å²) in [6.07, 6.45) is 3.43. The molecule has 2 aromatic rings. The molecule has 124 valence electrons. The van der Waals surface area contributed by atoms with Crippen molar-refractivity contribution in [1.29, 1.82) is 0 Å². The van der Waals surface area contributed by atoms with E-state index >= 15 is 0 Å². The molecule has 0 aliphatic carbocycles. The maximum absolute atomic E-state index is 12.5. The third kappa shape index (κ3) is 3.84. The van der Waals surface area contributed by atoms with Gasteiger partial charge in [0.1, 0.15) is 6.20 Å². The van der Waals surface area contributed by atoms with Crippen LogP contribution in [-0.4, -0.2) is 38.5 Å². The number of hydrogen-bond acceptors (Lipinski definition) is 5. The number of ketones is 1. The van der Waals surface area contributed by atoms with E-state index in [4.69, 9.17) is 4.74 Å². The first-order valence-electron chi connectivity index (χ1n) is 7.29. The average Bonchev–Trinajstić information content (AvgIpc) is 3.06. The SMILES string of the molecule is COCCCn1c(C)cc(C(=O)Cn2cnc([N+](=O)[O-])c2)c1C.